The molecule has 2 aromatic rings. The molecule has 1 aliphatic heterocycles. The second kappa shape index (κ2) is 8.43. The number of rotatable bonds is 5. The van der Waals surface area contributed by atoms with E-state index < -0.39 is 17.8 Å². The largest absolute Gasteiger partial charge is 0.486 e. The lowest BCUT2D eigenvalue weighted by Gasteiger charge is -2.24. The smallest absolute Gasteiger partial charge is 0.416 e. The Morgan fingerprint density at radius 3 is 2.48 bits per heavy atom. The molecule has 1 fully saturated rings. The summed E-state index contributed by atoms with van der Waals surface area (Å²) in [4.78, 5) is 11.8. The van der Waals surface area contributed by atoms with Crippen LogP contribution in [0.5, 0.6) is 5.75 Å². The monoisotopic (exact) mass is 379 g/mol. The van der Waals surface area contributed by atoms with Crippen molar-refractivity contribution in [2.24, 2.45) is 0 Å². The average Bonchev–Trinajstić information content (AvgIpc) is 2.85. The summed E-state index contributed by atoms with van der Waals surface area (Å²) in [5, 5.41) is 2.90. The molecule has 0 aliphatic carbocycles. The number of carbonyl (C=O) groups is 1. The molecular weight excluding hydrogens is 359 g/mol. The first-order valence-corrected chi connectivity index (χ1v) is 8.68. The molecule has 0 radical (unpaired) electrons. The zero-order valence-corrected chi connectivity index (χ0v) is 14.5. The topological polar surface area (TPSA) is 47.6 Å². The molecule has 27 heavy (non-hydrogen) atoms. The van der Waals surface area contributed by atoms with Gasteiger partial charge in [0.25, 0.3) is 0 Å². The maximum Gasteiger partial charge on any atom is 0.416 e. The van der Waals surface area contributed by atoms with Crippen LogP contribution in [0.2, 0.25) is 0 Å². The molecule has 0 unspecified atom stereocenters. The molecule has 0 spiro atoms. The van der Waals surface area contributed by atoms with Crippen molar-refractivity contribution in [3.8, 4) is 5.75 Å². The molecule has 0 saturated carbocycles. The van der Waals surface area contributed by atoms with Gasteiger partial charge in [-0.25, -0.2) is 0 Å². The van der Waals surface area contributed by atoms with Crippen LogP contribution in [0.4, 0.5) is 13.2 Å². The fourth-order valence-corrected chi connectivity index (χ4v) is 2.92. The van der Waals surface area contributed by atoms with E-state index in [0.717, 1.165) is 17.7 Å². The van der Waals surface area contributed by atoms with Crippen molar-refractivity contribution in [1.29, 1.82) is 0 Å². The lowest BCUT2D eigenvalue weighted by molar-refractivity contribution is -0.137. The van der Waals surface area contributed by atoms with E-state index in [4.69, 9.17) is 9.47 Å². The number of alkyl halides is 3. The summed E-state index contributed by atoms with van der Waals surface area (Å²) in [6, 6.07) is 13.7. The van der Waals surface area contributed by atoms with Crippen LogP contribution in [0.3, 0.4) is 0 Å². The molecular formula is C20H20F3NO3. The van der Waals surface area contributed by atoms with Gasteiger partial charge in [-0.2, -0.15) is 13.2 Å². The molecule has 1 saturated heterocycles. The number of halogens is 3. The van der Waals surface area contributed by atoms with Gasteiger partial charge in [0.1, 0.15) is 11.9 Å². The van der Waals surface area contributed by atoms with Gasteiger partial charge in [-0.05, 0) is 29.8 Å². The molecule has 0 aromatic heterocycles. The molecule has 4 nitrogen and oxygen atoms in total. The van der Waals surface area contributed by atoms with Crippen molar-refractivity contribution >= 4 is 5.91 Å². The zero-order valence-electron chi connectivity index (χ0n) is 14.5. The minimum atomic E-state index is -4.39. The molecule has 1 N–H and O–H groups in total. The van der Waals surface area contributed by atoms with E-state index in [1.54, 1.807) is 0 Å². The number of carbonyl (C=O) groups excluding carboxylic acids is 1. The predicted molar refractivity (Wildman–Crippen MR) is 93.2 cm³/mol. The summed E-state index contributed by atoms with van der Waals surface area (Å²) >= 11 is 0. The van der Waals surface area contributed by atoms with Crippen LogP contribution in [-0.2, 0) is 15.7 Å². The van der Waals surface area contributed by atoms with Crippen molar-refractivity contribution in [3.63, 3.8) is 0 Å². The van der Waals surface area contributed by atoms with Crippen molar-refractivity contribution in [2.75, 3.05) is 13.2 Å². The first kappa shape index (κ1) is 19.2. The summed E-state index contributed by atoms with van der Waals surface area (Å²) in [6.07, 6.45) is -4.07. The van der Waals surface area contributed by atoms with Gasteiger partial charge in [0.15, 0.2) is 0 Å². The number of benzene rings is 2. The predicted octanol–water partition coefficient (Wildman–Crippen LogP) is 4.12. The fourth-order valence-electron chi connectivity index (χ4n) is 2.92. The van der Waals surface area contributed by atoms with Crippen molar-refractivity contribution in [1.82, 2.24) is 5.32 Å². The number of nitrogens with one attached hydrogen (secondary N) is 1. The normalized spacial score (nSPS) is 19.1. The van der Waals surface area contributed by atoms with Gasteiger partial charge >= 0.3 is 6.18 Å². The number of hydrogen-bond acceptors (Lipinski definition) is 3. The van der Waals surface area contributed by atoms with Crippen LogP contribution in [0, 0.1) is 0 Å². The van der Waals surface area contributed by atoms with Gasteiger partial charge in [0.2, 0.25) is 5.91 Å². The van der Waals surface area contributed by atoms with E-state index in [1.807, 2.05) is 30.3 Å². The van der Waals surface area contributed by atoms with E-state index in [2.05, 4.69) is 5.32 Å². The lowest BCUT2D eigenvalue weighted by atomic mass is 10.0. The Morgan fingerprint density at radius 2 is 1.81 bits per heavy atom. The molecule has 7 heteroatoms. The third-order valence-electron chi connectivity index (χ3n) is 4.29. The van der Waals surface area contributed by atoms with Crippen LogP contribution in [0.25, 0.3) is 0 Å². The van der Waals surface area contributed by atoms with Crippen molar-refractivity contribution < 1.29 is 27.4 Å². The Labute approximate surface area is 155 Å². The summed E-state index contributed by atoms with van der Waals surface area (Å²) in [5.41, 5.74) is 0.145. The fraction of sp³-hybridized carbons (Fsp3) is 0.350. The van der Waals surface area contributed by atoms with E-state index >= 15 is 0 Å². The molecule has 2 aromatic carbocycles. The molecule has 144 valence electrons. The van der Waals surface area contributed by atoms with Crippen LogP contribution in [-0.4, -0.2) is 25.2 Å². The highest BCUT2D eigenvalue weighted by atomic mass is 19.4. The zero-order chi connectivity index (χ0) is 19.3. The average molecular weight is 379 g/mol. The molecule has 1 aliphatic rings. The number of ether oxygens (including phenoxy) is 2. The highest BCUT2D eigenvalue weighted by Crippen LogP contribution is 2.32. The molecule has 0 bridgehead atoms. The Balaban J connectivity index is 1.77. The van der Waals surface area contributed by atoms with Crippen LogP contribution < -0.4 is 10.1 Å². The van der Waals surface area contributed by atoms with E-state index in [0.29, 0.717) is 31.8 Å². The van der Waals surface area contributed by atoms with Gasteiger partial charge in [0.05, 0.1) is 24.8 Å². The Bertz CT molecular complexity index is 747. The number of amides is 1. The van der Waals surface area contributed by atoms with Crippen molar-refractivity contribution in [2.45, 2.75) is 31.2 Å². The van der Waals surface area contributed by atoms with Crippen molar-refractivity contribution in [3.05, 3.63) is 65.7 Å². The second-order valence-corrected chi connectivity index (χ2v) is 6.36. The highest BCUT2D eigenvalue weighted by molar-refractivity contribution is 5.76. The molecule has 1 heterocycles. The molecule has 3 rings (SSSR count). The van der Waals surface area contributed by atoms with E-state index in [-0.39, 0.29) is 11.9 Å². The quantitative estimate of drug-likeness (QED) is 0.850. The minimum absolute atomic E-state index is 0.0844. The summed E-state index contributed by atoms with van der Waals surface area (Å²) in [6.45, 7) is 0.740. The first-order valence-electron chi connectivity index (χ1n) is 8.68. The van der Waals surface area contributed by atoms with Crippen LogP contribution in [0.15, 0.2) is 54.6 Å². The van der Waals surface area contributed by atoms with E-state index in [9.17, 15) is 18.0 Å². The third kappa shape index (κ3) is 5.47. The van der Waals surface area contributed by atoms with Gasteiger partial charge in [0, 0.05) is 12.8 Å². The Kier molecular flexibility index (Phi) is 6.01. The minimum Gasteiger partial charge on any atom is -0.486 e. The second-order valence-electron chi connectivity index (χ2n) is 6.36. The SMILES string of the molecule is O=C1CCOC[C@H](C[C@H](Oc2ccc(C(F)(F)F)cc2)c2ccccc2)N1. The summed E-state index contributed by atoms with van der Waals surface area (Å²) in [7, 11) is 0. The summed E-state index contributed by atoms with van der Waals surface area (Å²) in [5.74, 6) is 0.247. The Morgan fingerprint density at radius 1 is 1.11 bits per heavy atom. The maximum absolute atomic E-state index is 12.7. The number of hydrogen-bond donors (Lipinski definition) is 1. The van der Waals surface area contributed by atoms with Gasteiger partial charge < -0.3 is 14.8 Å². The standard InChI is InChI=1S/C20H20F3NO3/c21-20(22,23)15-6-8-17(9-7-15)27-18(14-4-2-1-3-5-14)12-16-13-26-11-10-19(25)24-16/h1-9,16,18H,10-13H2,(H,24,25)/t16-,18-/m0/s1. The van der Waals surface area contributed by atoms with Gasteiger partial charge in [-0.15, -0.1) is 0 Å². The third-order valence-corrected chi connectivity index (χ3v) is 4.29. The molecule has 2 atom stereocenters. The van der Waals surface area contributed by atoms with Crippen LogP contribution >= 0.6 is 0 Å². The molecule has 1 amide bonds. The van der Waals surface area contributed by atoms with E-state index in [1.165, 1.54) is 12.1 Å². The first-order chi connectivity index (χ1) is 12.9. The highest BCUT2D eigenvalue weighted by Gasteiger charge is 2.30. The lowest BCUT2D eigenvalue weighted by Crippen LogP contribution is -2.37. The maximum atomic E-state index is 12.7. The Hall–Kier alpha value is -2.54. The van der Waals surface area contributed by atoms with Gasteiger partial charge in [-0.3, -0.25) is 4.79 Å². The van der Waals surface area contributed by atoms with Gasteiger partial charge in [-0.1, -0.05) is 30.3 Å². The van der Waals surface area contributed by atoms with Crippen LogP contribution in [0.1, 0.15) is 30.1 Å². The summed E-state index contributed by atoms with van der Waals surface area (Å²) < 4.78 is 49.6.